The Morgan fingerprint density at radius 3 is 2.86 bits per heavy atom. The third-order valence-electron chi connectivity index (χ3n) is 4.03. The number of para-hydroxylation sites is 1. The highest BCUT2D eigenvalue weighted by Crippen LogP contribution is 2.34. The van der Waals surface area contributed by atoms with E-state index in [4.69, 9.17) is 9.52 Å². The number of rotatable bonds is 3. The summed E-state index contributed by atoms with van der Waals surface area (Å²) in [5.74, 6) is -1.12. The molecular formula is C15H14F3NO3. The normalized spacial score (nSPS) is 19.9. The zero-order chi connectivity index (χ0) is 15.9. The molecule has 2 aromatic rings. The van der Waals surface area contributed by atoms with Gasteiger partial charge < -0.3 is 9.52 Å². The van der Waals surface area contributed by atoms with Crippen LogP contribution in [0.2, 0.25) is 0 Å². The van der Waals surface area contributed by atoms with Gasteiger partial charge in [-0.2, -0.15) is 13.2 Å². The molecule has 22 heavy (non-hydrogen) atoms. The Morgan fingerprint density at radius 2 is 2.18 bits per heavy atom. The van der Waals surface area contributed by atoms with E-state index in [2.05, 4.69) is 0 Å². The lowest BCUT2D eigenvalue weighted by Crippen LogP contribution is -2.40. The number of carboxylic acids is 1. The van der Waals surface area contributed by atoms with E-state index in [-0.39, 0.29) is 18.5 Å². The Morgan fingerprint density at radius 1 is 1.41 bits per heavy atom. The zero-order valence-electron chi connectivity index (χ0n) is 11.6. The van der Waals surface area contributed by atoms with Gasteiger partial charge in [0.15, 0.2) is 0 Å². The number of benzene rings is 1. The van der Waals surface area contributed by atoms with Crippen LogP contribution >= 0.6 is 0 Å². The Bertz CT molecular complexity index is 708. The summed E-state index contributed by atoms with van der Waals surface area (Å²) in [6.07, 6.45) is -2.53. The van der Waals surface area contributed by atoms with Gasteiger partial charge in [-0.1, -0.05) is 18.2 Å². The van der Waals surface area contributed by atoms with Crippen molar-refractivity contribution in [2.24, 2.45) is 0 Å². The fraction of sp³-hybridized carbons (Fsp3) is 0.400. The van der Waals surface area contributed by atoms with Crippen LogP contribution in [0.1, 0.15) is 28.8 Å². The van der Waals surface area contributed by atoms with Crippen LogP contribution in [-0.4, -0.2) is 34.7 Å². The number of nitrogens with zero attached hydrogens (tertiary/aromatic N) is 1. The van der Waals surface area contributed by atoms with Gasteiger partial charge >= 0.3 is 12.1 Å². The van der Waals surface area contributed by atoms with Gasteiger partial charge in [0.05, 0.1) is 0 Å². The second-order valence-electron chi connectivity index (χ2n) is 5.42. The van der Waals surface area contributed by atoms with Crippen molar-refractivity contribution < 1.29 is 27.5 Å². The number of hydrogen-bond donors (Lipinski definition) is 1. The van der Waals surface area contributed by atoms with Gasteiger partial charge in [0.25, 0.3) is 0 Å². The summed E-state index contributed by atoms with van der Waals surface area (Å²) in [7, 11) is 0. The predicted octanol–water partition coefficient (Wildman–Crippen LogP) is 3.66. The minimum absolute atomic E-state index is 0.0191. The van der Waals surface area contributed by atoms with Crippen LogP contribution in [0.3, 0.4) is 0 Å². The lowest BCUT2D eigenvalue weighted by Gasteiger charge is -2.26. The van der Waals surface area contributed by atoms with Crippen molar-refractivity contribution in [1.82, 2.24) is 4.90 Å². The number of likely N-dealkylation sites (tertiary alicyclic amines) is 1. The largest absolute Gasteiger partial charge is 0.478 e. The van der Waals surface area contributed by atoms with Crippen LogP contribution in [0, 0.1) is 0 Å². The molecule has 1 aliphatic rings. The quantitative estimate of drug-likeness (QED) is 0.939. The van der Waals surface area contributed by atoms with Gasteiger partial charge in [-0.3, -0.25) is 4.90 Å². The molecule has 0 saturated carbocycles. The number of alkyl halides is 3. The zero-order valence-corrected chi connectivity index (χ0v) is 11.6. The van der Waals surface area contributed by atoms with Crippen LogP contribution in [0.5, 0.6) is 0 Å². The summed E-state index contributed by atoms with van der Waals surface area (Å²) < 4.78 is 44.3. The molecule has 1 unspecified atom stereocenters. The third-order valence-corrected chi connectivity index (χ3v) is 4.03. The lowest BCUT2D eigenvalue weighted by atomic mass is 10.1. The average Bonchev–Trinajstić information content (AvgIpc) is 3.04. The van der Waals surface area contributed by atoms with Crippen LogP contribution in [-0.2, 0) is 6.54 Å². The number of fused-ring (bicyclic) bond motifs is 1. The number of hydrogen-bond acceptors (Lipinski definition) is 3. The Labute approximate surface area is 124 Å². The number of halogens is 3. The highest BCUT2D eigenvalue weighted by atomic mass is 19.4. The first-order valence-electron chi connectivity index (χ1n) is 6.91. The topological polar surface area (TPSA) is 53.7 Å². The van der Waals surface area contributed by atoms with Crippen molar-refractivity contribution in [1.29, 1.82) is 0 Å². The molecule has 0 radical (unpaired) electrons. The van der Waals surface area contributed by atoms with E-state index in [1.165, 1.54) is 4.90 Å². The van der Waals surface area contributed by atoms with Crippen molar-refractivity contribution in [2.45, 2.75) is 31.6 Å². The second-order valence-corrected chi connectivity index (χ2v) is 5.42. The van der Waals surface area contributed by atoms with E-state index in [0.29, 0.717) is 29.5 Å². The fourth-order valence-corrected chi connectivity index (χ4v) is 3.01. The number of furan rings is 1. The standard InChI is InChI=1S/C15H14F3NO3/c16-15(17,18)12-5-2-6-19(12)7-9-3-1-4-10-11(14(20)21)8-22-13(9)10/h1,3-4,8,12H,2,5-7H2,(H,20,21). The molecule has 7 heteroatoms. The molecule has 1 saturated heterocycles. The SMILES string of the molecule is O=C(O)c1coc2c(CN3CCCC3C(F)(F)F)cccc12. The molecule has 1 N–H and O–H groups in total. The minimum Gasteiger partial charge on any atom is -0.478 e. The van der Waals surface area contributed by atoms with E-state index in [0.717, 1.165) is 6.26 Å². The van der Waals surface area contributed by atoms with Crippen molar-refractivity contribution in [3.63, 3.8) is 0 Å². The maximum absolute atomic E-state index is 13.0. The second kappa shape index (κ2) is 5.31. The number of aromatic carboxylic acids is 1. The van der Waals surface area contributed by atoms with Crippen molar-refractivity contribution >= 4 is 16.9 Å². The molecule has 0 spiro atoms. The van der Waals surface area contributed by atoms with Crippen molar-refractivity contribution in [3.05, 3.63) is 35.6 Å². The fourth-order valence-electron chi connectivity index (χ4n) is 3.01. The first kappa shape index (κ1) is 14.9. The molecular weight excluding hydrogens is 299 g/mol. The monoisotopic (exact) mass is 313 g/mol. The average molecular weight is 313 g/mol. The Balaban J connectivity index is 1.93. The summed E-state index contributed by atoms with van der Waals surface area (Å²) in [6.45, 7) is 0.459. The van der Waals surface area contributed by atoms with E-state index in [1.807, 2.05) is 0 Å². The maximum atomic E-state index is 13.0. The van der Waals surface area contributed by atoms with E-state index < -0.39 is 18.2 Å². The Kier molecular flexibility index (Phi) is 3.60. The van der Waals surface area contributed by atoms with Crippen molar-refractivity contribution in [3.8, 4) is 0 Å². The molecule has 1 atom stereocenters. The molecule has 0 aliphatic carbocycles. The van der Waals surface area contributed by atoms with Crippen LogP contribution < -0.4 is 0 Å². The van der Waals surface area contributed by atoms with E-state index in [1.54, 1.807) is 18.2 Å². The molecule has 3 rings (SSSR count). The third kappa shape index (κ3) is 2.56. The highest BCUT2D eigenvalue weighted by Gasteiger charge is 2.45. The van der Waals surface area contributed by atoms with Crippen LogP contribution in [0.15, 0.2) is 28.9 Å². The Hall–Kier alpha value is -2.02. The molecule has 0 amide bonds. The first-order valence-corrected chi connectivity index (χ1v) is 6.91. The van der Waals surface area contributed by atoms with Gasteiger partial charge in [-0.05, 0) is 19.4 Å². The smallest absolute Gasteiger partial charge is 0.404 e. The first-order chi connectivity index (χ1) is 10.4. The summed E-state index contributed by atoms with van der Waals surface area (Å²) in [4.78, 5) is 12.5. The summed E-state index contributed by atoms with van der Waals surface area (Å²) in [5.41, 5.74) is 0.930. The summed E-state index contributed by atoms with van der Waals surface area (Å²) in [5, 5.41) is 9.49. The molecule has 1 aliphatic heterocycles. The number of carbonyl (C=O) groups is 1. The molecule has 118 valence electrons. The lowest BCUT2D eigenvalue weighted by molar-refractivity contribution is -0.177. The molecule has 1 aromatic carbocycles. The van der Waals surface area contributed by atoms with Gasteiger partial charge in [-0.15, -0.1) is 0 Å². The van der Waals surface area contributed by atoms with Crippen LogP contribution in [0.4, 0.5) is 13.2 Å². The van der Waals surface area contributed by atoms with Gasteiger partial charge in [-0.25, -0.2) is 4.79 Å². The molecule has 2 heterocycles. The predicted molar refractivity (Wildman–Crippen MR) is 72.7 cm³/mol. The maximum Gasteiger partial charge on any atom is 0.404 e. The van der Waals surface area contributed by atoms with Gasteiger partial charge in [0, 0.05) is 17.5 Å². The summed E-state index contributed by atoms with van der Waals surface area (Å²) >= 11 is 0. The van der Waals surface area contributed by atoms with Crippen LogP contribution in [0.25, 0.3) is 11.0 Å². The van der Waals surface area contributed by atoms with Gasteiger partial charge in [0.2, 0.25) is 0 Å². The van der Waals surface area contributed by atoms with Crippen molar-refractivity contribution in [2.75, 3.05) is 6.54 Å². The minimum atomic E-state index is -4.25. The molecule has 1 fully saturated rings. The molecule has 1 aromatic heterocycles. The number of carboxylic acid groups (broad SMARTS) is 1. The summed E-state index contributed by atoms with van der Waals surface area (Å²) in [6, 6.07) is 3.45. The highest BCUT2D eigenvalue weighted by molar-refractivity contribution is 6.02. The molecule has 0 bridgehead atoms. The van der Waals surface area contributed by atoms with E-state index in [9.17, 15) is 18.0 Å². The van der Waals surface area contributed by atoms with E-state index >= 15 is 0 Å². The van der Waals surface area contributed by atoms with Gasteiger partial charge in [0.1, 0.15) is 23.5 Å². The molecule has 4 nitrogen and oxygen atoms in total.